The Morgan fingerprint density at radius 3 is 2.53 bits per heavy atom. The monoisotopic (exact) mass is 431 g/mol. The van der Waals surface area contributed by atoms with Gasteiger partial charge in [-0.25, -0.2) is 0 Å². The lowest BCUT2D eigenvalue weighted by atomic mass is 9.94. The van der Waals surface area contributed by atoms with Crippen LogP contribution < -0.4 is 9.47 Å². The molecule has 3 aromatic carbocycles. The van der Waals surface area contributed by atoms with E-state index >= 15 is 0 Å². The van der Waals surface area contributed by atoms with E-state index in [-0.39, 0.29) is 6.79 Å². The number of nitriles is 1. The van der Waals surface area contributed by atoms with Gasteiger partial charge in [0.05, 0.1) is 30.4 Å². The molecule has 0 atom stereocenters. The molecule has 0 amide bonds. The number of hydrogen-bond acceptors (Lipinski definition) is 6. The summed E-state index contributed by atoms with van der Waals surface area (Å²) in [4.78, 5) is 11.8. The third-order valence-electron chi connectivity index (χ3n) is 4.86. The lowest BCUT2D eigenvalue weighted by Crippen LogP contribution is -2.09. The van der Waals surface area contributed by atoms with Crippen LogP contribution >= 0.6 is 0 Å². The Hall–Kier alpha value is -3.66. The Balaban J connectivity index is 2.01. The minimum absolute atomic E-state index is 0.0227. The highest BCUT2D eigenvalue weighted by atomic mass is 16.7. The van der Waals surface area contributed by atoms with Crippen LogP contribution in [-0.4, -0.2) is 33.4 Å². The van der Waals surface area contributed by atoms with E-state index in [0.29, 0.717) is 53.6 Å². The van der Waals surface area contributed by atoms with Crippen molar-refractivity contribution >= 4 is 6.29 Å². The van der Waals surface area contributed by atoms with Crippen molar-refractivity contribution in [2.24, 2.45) is 0 Å². The first kappa shape index (κ1) is 23.0. The van der Waals surface area contributed by atoms with Gasteiger partial charge in [0.1, 0.15) is 18.1 Å². The van der Waals surface area contributed by atoms with Crippen molar-refractivity contribution in [1.82, 2.24) is 0 Å². The summed E-state index contributed by atoms with van der Waals surface area (Å²) in [5.41, 5.74) is 4.12. The Bertz CT molecular complexity index is 1090. The molecule has 3 aromatic rings. The topological polar surface area (TPSA) is 77.8 Å². The number of ether oxygens (including phenoxy) is 4. The van der Waals surface area contributed by atoms with E-state index in [0.717, 1.165) is 17.4 Å². The molecule has 0 aromatic heterocycles. The first-order valence-electron chi connectivity index (χ1n) is 10.2. The lowest BCUT2D eigenvalue weighted by Gasteiger charge is -2.19. The molecule has 32 heavy (non-hydrogen) atoms. The molecule has 0 bridgehead atoms. The zero-order valence-electron chi connectivity index (χ0n) is 18.2. The van der Waals surface area contributed by atoms with Gasteiger partial charge in [-0.15, -0.1) is 0 Å². The van der Waals surface area contributed by atoms with E-state index in [1.807, 2.05) is 43.3 Å². The predicted molar refractivity (Wildman–Crippen MR) is 121 cm³/mol. The smallest absolute Gasteiger partial charge is 0.189 e. The number of hydrogen-bond donors (Lipinski definition) is 0. The molecular formula is C26H25NO5. The van der Waals surface area contributed by atoms with Crippen molar-refractivity contribution in [3.63, 3.8) is 0 Å². The van der Waals surface area contributed by atoms with E-state index in [4.69, 9.17) is 18.9 Å². The first-order chi connectivity index (χ1) is 15.7. The van der Waals surface area contributed by atoms with Crippen LogP contribution in [0.15, 0.2) is 60.7 Å². The van der Waals surface area contributed by atoms with Crippen molar-refractivity contribution < 1.29 is 23.7 Å². The van der Waals surface area contributed by atoms with E-state index in [2.05, 4.69) is 6.07 Å². The van der Waals surface area contributed by atoms with E-state index in [1.54, 1.807) is 31.4 Å². The summed E-state index contributed by atoms with van der Waals surface area (Å²) in [5.74, 6) is 0.973. The molecule has 0 aliphatic heterocycles. The van der Waals surface area contributed by atoms with Crippen LogP contribution in [0.5, 0.6) is 11.5 Å². The van der Waals surface area contributed by atoms with Crippen molar-refractivity contribution in [2.45, 2.75) is 13.5 Å². The van der Waals surface area contributed by atoms with Crippen LogP contribution in [0.3, 0.4) is 0 Å². The number of carbonyl (C=O) groups is 1. The van der Waals surface area contributed by atoms with Crippen LogP contribution in [0, 0.1) is 18.3 Å². The van der Waals surface area contributed by atoms with E-state index in [9.17, 15) is 10.1 Å². The molecule has 6 heteroatoms. The van der Waals surface area contributed by atoms with Gasteiger partial charge >= 0.3 is 0 Å². The predicted octanol–water partition coefficient (Wildman–Crippen LogP) is 4.92. The summed E-state index contributed by atoms with van der Waals surface area (Å²) >= 11 is 0. The fourth-order valence-electron chi connectivity index (χ4n) is 3.24. The number of benzene rings is 3. The molecule has 0 N–H and O–H groups in total. The second-order valence-electron chi connectivity index (χ2n) is 7.05. The molecule has 0 fully saturated rings. The van der Waals surface area contributed by atoms with Gasteiger partial charge in [-0.2, -0.15) is 5.26 Å². The number of carbonyl (C=O) groups excluding carboxylic acids is 1. The number of aldehydes is 1. The molecular weight excluding hydrogens is 406 g/mol. The minimum atomic E-state index is 0.0227. The van der Waals surface area contributed by atoms with Crippen molar-refractivity contribution in [3.8, 4) is 28.7 Å². The van der Waals surface area contributed by atoms with Crippen molar-refractivity contribution in [1.29, 1.82) is 5.26 Å². The van der Waals surface area contributed by atoms with Crippen LogP contribution in [0.2, 0.25) is 0 Å². The second-order valence-corrected chi connectivity index (χ2v) is 7.05. The number of aryl methyl sites for hydroxylation is 1. The summed E-state index contributed by atoms with van der Waals surface area (Å²) in [6.07, 6.45) is 0.770. The Kier molecular flexibility index (Phi) is 8.38. The number of nitrogens with zero attached hydrogens (tertiary/aromatic N) is 1. The average molecular weight is 431 g/mol. The highest BCUT2D eigenvalue weighted by Crippen LogP contribution is 2.41. The Morgan fingerprint density at radius 1 is 1.00 bits per heavy atom. The molecule has 3 rings (SSSR count). The lowest BCUT2D eigenvalue weighted by molar-refractivity contribution is -0.00823. The van der Waals surface area contributed by atoms with Crippen LogP contribution in [0.1, 0.15) is 27.0 Å². The second kappa shape index (κ2) is 11.7. The fraction of sp³-hybridized carbons (Fsp3) is 0.231. The molecule has 0 unspecified atom stereocenters. The van der Waals surface area contributed by atoms with E-state index < -0.39 is 0 Å². The maximum Gasteiger partial charge on any atom is 0.189 e. The third kappa shape index (κ3) is 5.73. The quantitative estimate of drug-likeness (QED) is 0.244. The molecule has 0 radical (unpaired) electrons. The van der Waals surface area contributed by atoms with E-state index in [1.165, 1.54) is 0 Å². The molecule has 0 saturated heterocycles. The van der Waals surface area contributed by atoms with Gasteiger partial charge in [-0.1, -0.05) is 36.4 Å². The Morgan fingerprint density at radius 2 is 1.81 bits per heavy atom. The summed E-state index contributed by atoms with van der Waals surface area (Å²) in [6.45, 7) is 3.10. The maximum atomic E-state index is 11.8. The van der Waals surface area contributed by atoms with Gasteiger partial charge < -0.3 is 18.9 Å². The molecule has 0 aliphatic carbocycles. The number of methoxy groups -OCH3 is 1. The SMILES string of the molecule is COCCOCOc1ccc(C#N)cc1-c1c(C)ccc(C=O)c1OCc1ccccc1. The van der Waals surface area contributed by atoms with Gasteiger partial charge in [-0.05, 0) is 42.3 Å². The van der Waals surface area contributed by atoms with Gasteiger partial charge in [0.25, 0.3) is 0 Å². The summed E-state index contributed by atoms with van der Waals surface area (Å²) < 4.78 is 22.4. The van der Waals surface area contributed by atoms with Gasteiger partial charge in [0.15, 0.2) is 13.1 Å². The third-order valence-corrected chi connectivity index (χ3v) is 4.86. The Labute approximate surface area is 187 Å². The molecule has 0 spiro atoms. The minimum Gasteiger partial charge on any atom is -0.487 e. The highest BCUT2D eigenvalue weighted by molar-refractivity contribution is 5.89. The zero-order chi connectivity index (χ0) is 22.8. The number of rotatable bonds is 11. The van der Waals surface area contributed by atoms with Crippen LogP contribution in [0.25, 0.3) is 11.1 Å². The molecule has 0 heterocycles. The van der Waals surface area contributed by atoms with Crippen molar-refractivity contribution in [2.75, 3.05) is 27.1 Å². The van der Waals surface area contributed by atoms with Crippen LogP contribution in [0.4, 0.5) is 0 Å². The summed E-state index contributed by atoms with van der Waals surface area (Å²) in [7, 11) is 1.60. The summed E-state index contributed by atoms with van der Waals surface area (Å²) in [5, 5.41) is 9.45. The zero-order valence-corrected chi connectivity index (χ0v) is 18.2. The standard InChI is InChI=1S/C26H25NO5/c1-19-8-10-22(16-28)26(31-17-20-6-4-3-5-7-20)25(19)23-14-21(15-27)9-11-24(23)32-18-30-13-12-29-2/h3-11,14,16H,12-13,17-18H2,1-2H3. The molecule has 164 valence electrons. The van der Waals surface area contributed by atoms with Gasteiger partial charge in [0, 0.05) is 18.2 Å². The molecule has 0 saturated carbocycles. The van der Waals surface area contributed by atoms with Gasteiger partial charge in [0.2, 0.25) is 0 Å². The van der Waals surface area contributed by atoms with Crippen molar-refractivity contribution in [3.05, 3.63) is 82.9 Å². The average Bonchev–Trinajstić information content (AvgIpc) is 2.83. The normalized spacial score (nSPS) is 10.4. The highest BCUT2D eigenvalue weighted by Gasteiger charge is 2.19. The largest absolute Gasteiger partial charge is 0.487 e. The fourth-order valence-corrected chi connectivity index (χ4v) is 3.24. The first-order valence-corrected chi connectivity index (χ1v) is 10.2. The molecule has 6 nitrogen and oxygen atoms in total. The van der Waals surface area contributed by atoms with Crippen LogP contribution in [-0.2, 0) is 16.1 Å². The van der Waals surface area contributed by atoms with Gasteiger partial charge in [-0.3, -0.25) is 4.79 Å². The maximum absolute atomic E-state index is 11.8. The summed E-state index contributed by atoms with van der Waals surface area (Å²) in [6, 6.07) is 20.6. The molecule has 0 aliphatic rings.